The molecule has 2 N–H and O–H groups in total. The van der Waals surface area contributed by atoms with Gasteiger partial charge in [-0.3, -0.25) is 19.8 Å². The molecule has 1 aromatic rings. The molecule has 10 heteroatoms. The molecule has 0 amide bonds. The summed E-state index contributed by atoms with van der Waals surface area (Å²) in [5.74, 6) is -0.988. The van der Waals surface area contributed by atoms with Crippen LogP contribution >= 0.6 is 0 Å². The molecule has 0 bridgehead atoms. The number of nitrogens with one attached hydrogen (secondary N) is 1. The molecule has 1 aliphatic carbocycles. The molecule has 0 aliphatic heterocycles. The minimum atomic E-state index is -3.46. The van der Waals surface area contributed by atoms with Gasteiger partial charge in [0.1, 0.15) is 0 Å². The molecule has 1 fully saturated rings. The lowest BCUT2D eigenvalue weighted by atomic mass is 9.86. The van der Waals surface area contributed by atoms with E-state index in [0.29, 0.717) is 24.9 Å². The number of carboxylic acids is 1. The van der Waals surface area contributed by atoms with E-state index in [-0.39, 0.29) is 36.5 Å². The van der Waals surface area contributed by atoms with Gasteiger partial charge in [0.15, 0.2) is 0 Å². The second-order valence-corrected chi connectivity index (χ2v) is 8.26. The Morgan fingerprint density at radius 3 is 2.46 bits per heavy atom. The number of sulfonamides is 1. The van der Waals surface area contributed by atoms with Crippen LogP contribution in [0.2, 0.25) is 0 Å². The molecule has 1 saturated carbocycles. The van der Waals surface area contributed by atoms with Crippen molar-refractivity contribution >= 4 is 21.7 Å². The summed E-state index contributed by atoms with van der Waals surface area (Å²) in [5.41, 5.74) is 0.683. The highest BCUT2D eigenvalue weighted by Crippen LogP contribution is 2.26. The van der Waals surface area contributed by atoms with Crippen molar-refractivity contribution in [2.24, 2.45) is 0 Å². The summed E-state index contributed by atoms with van der Waals surface area (Å²) >= 11 is 0. The van der Waals surface area contributed by atoms with Crippen LogP contribution < -0.4 is 4.72 Å². The van der Waals surface area contributed by atoms with Crippen molar-refractivity contribution in [1.82, 2.24) is 9.62 Å². The molecule has 1 aliphatic rings. The van der Waals surface area contributed by atoms with Gasteiger partial charge in [0.05, 0.1) is 17.2 Å². The highest BCUT2D eigenvalue weighted by atomic mass is 32.2. The third-order valence-electron chi connectivity index (χ3n) is 4.53. The summed E-state index contributed by atoms with van der Waals surface area (Å²) in [6.07, 6.45) is 1.46. The molecule has 1 aromatic carbocycles. The molecule has 0 radical (unpaired) electrons. The van der Waals surface area contributed by atoms with Crippen molar-refractivity contribution in [1.29, 1.82) is 0 Å². The fraction of sp³-hybridized carbons (Fsp3) is 0.562. The molecule has 144 valence electrons. The van der Waals surface area contributed by atoms with Gasteiger partial charge in [-0.25, -0.2) is 13.1 Å². The number of nitro benzene ring substituents is 1. The van der Waals surface area contributed by atoms with Crippen LogP contribution in [0.3, 0.4) is 0 Å². The summed E-state index contributed by atoms with van der Waals surface area (Å²) in [5, 5.41) is 19.5. The molecule has 0 spiro atoms. The molecule has 0 aromatic heterocycles. The summed E-state index contributed by atoms with van der Waals surface area (Å²) < 4.78 is 27.0. The van der Waals surface area contributed by atoms with E-state index in [0.717, 1.165) is 0 Å². The maximum absolute atomic E-state index is 12.2. The number of carbonyl (C=O) groups is 1. The van der Waals surface area contributed by atoms with E-state index in [1.54, 1.807) is 12.1 Å². The number of rotatable bonds is 10. The number of likely N-dealkylation sites (N-methyl/N-ethyl adjacent to an activating group) is 1. The van der Waals surface area contributed by atoms with Crippen LogP contribution in [0.4, 0.5) is 5.69 Å². The zero-order chi connectivity index (χ0) is 19.3. The predicted octanol–water partition coefficient (Wildman–Crippen LogP) is 0.994. The first-order chi connectivity index (χ1) is 12.2. The SMILES string of the molecule is CCN(CC(=O)O)C1CC(NS(=O)(=O)CCc2ccc([N+](=O)[O-])cc2)C1. The minimum absolute atomic E-state index is 0.0305. The van der Waals surface area contributed by atoms with Crippen LogP contribution in [-0.4, -0.2) is 60.2 Å². The lowest BCUT2D eigenvalue weighted by molar-refractivity contribution is -0.384. The van der Waals surface area contributed by atoms with E-state index >= 15 is 0 Å². The number of nitro groups is 1. The van der Waals surface area contributed by atoms with Crippen LogP contribution in [-0.2, 0) is 21.2 Å². The quantitative estimate of drug-likeness (QED) is 0.454. The number of carboxylic acid groups (broad SMARTS) is 1. The van der Waals surface area contributed by atoms with Crippen molar-refractivity contribution in [2.45, 2.75) is 38.3 Å². The van der Waals surface area contributed by atoms with Crippen molar-refractivity contribution in [3.05, 3.63) is 39.9 Å². The Kier molecular flexibility index (Phi) is 6.68. The Morgan fingerprint density at radius 2 is 1.96 bits per heavy atom. The third-order valence-corrected chi connectivity index (χ3v) is 5.96. The Labute approximate surface area is 152 Å². The highest BCUT2D eigenvalue weighted by Gasteiger charge is 2.35. The molecule has 2 rings (SSSR count). The Bertz CT molecular complexity index is 744. The molecule has 0 heterocycles. The highest BCUT2D eigenvalue weighted by molar-refractivity contribution is 7.89. The number of hydrogen-bond donors (Lipinski definition) is 2. The first-order valence-electron chi connectivity index (χ1n) is 8.39. The van der Waals surface area contributed by atoms with Gasteiger partial charge in [0.2, 0.25) is 10.0 Å². The summed E-state index contributed by atoms with van der Waals surface area (Å²) in [6.45, 7) is 2.45. The lowest BCUT2D eigenvalue weighted by Gasteiger charge is -2.42. The fourth-order valence-corrected chi connectivity index (χ4v) is 4.33. The largest absolute Gasteiger partial charge is 0.480 e. The van der Waals surface area contributed by atoms with Crippen LogP contribution in [0.25, 0.3) is 0 Å². The second kappa shape index (κ2) is 8.56. The third kappa shape index (κ3) is 5.75. The van der Waals surface area contributed by atoms with Crippen molar-refractivity contribution < 1.29 is 23.2 Å². The van der Waals surface area contributed by atoms with E-state index in [9.17, 15) is 23.3 Å². The Morgan fingerprint density at radius 1 is 1.35 bits per heavy atom. The smallest absolute Gasteiger partial charge is 0.317 e. The van der Waals surface area contributed by atoms with E-state index < -0.39 is 20.9 Å². The normalized spacial score (nSPS) is 19.9. The molecule has 9 nitrogen and oxygen atoms in total. The predicted molar refractivity (Wildman–Crippen MR) is 95.4 cm³/mol. The molecule has 0 unspecified atom stereocenters. The number of nitrogens with zero attached hydrogens (tertiary/aromatic N) is 2. The second-order valence-electron chi connectivity index (χ2n) is 6.39. The van der Waals surface area contributed by atoms with Crippen LogP contribution in [0.1, 0.15) is 25.3 Å². The van der Waals surface area contributed by atoms with Crippen molar-refractivity contribution in [2.75, 3.05) is 18.8 Å². The van der Waals surface area contributed by atoms with E-state index in [4.69, 9.17) is 5.11 Å². The zero-order valence-corrected chi connectivity index (χ0v) is 15.3. The number of hydrogen-bond acceptors (Lipinski definition) is 6. The number of non-ortho nitro benzene ring substituents is 1. The van der Waals surface area contributed by atoms with Gasteiger partial charge >= 0.3 is 5.97 Å². The summed E-state index contributed by atoms with van der Waals surface area (Å²) in [6, 6.07) is 5.72. The molecule has 0 saturated heterocycles. The van der Waals surface area contributed by atoms with Crippen LogP contribution in [0, 0.1) is 10.1 Å². The van der Waals surface area contributed by atoms with Crippen LogP contribution in [0.15, 0.2) is 24.3 Å². The van der Waals surface area contributed by atoms with Crippen LogP contribution in [0.5, 0.6) is 0 Å². The van der Waals surface area contributed by atoms with Gasteiger partial charge in [0, 0.05) is 24.2 Å². The maximum Gasteiger partial charge on any atom is 0.317 e. The molecular formula is C16H23N3O6S. The van der Waals surface area contributed by atoms with Gasteiger partial charge in [0.25, 0.3) is 5.69 Å². The maximum atomic E-state index is 12.2. The van der Waals surface area contributed by atoms with Gasteiger partial charge in [-0.15, -0.1) is 0 Å². The molecular weight excluding hydrogens is 362 g/mol. The monoisotopic (exact) mass is 385 g/mol. The van der Waals surface area contributed by atoms with E-state index in [1.165, 1.54) is 12.1 Å². The molecule has 0 atom stereocenters. The lowest BCUT2D eigenvalue weighted by Crippen LogP contribution is -2.55. The number of benzene rings is 1. The zero-order valence-electron chi connectivity index (χ0n) is 14.5. The average molecular weight is 385 g/mol. The number of aryl methyl sites for hydroxylation is 1. The van der Waals surface area contributed by atoms with Gasteiger partial charge < -0.3 is 5.11 Å². The van der Waals surface area contributed by atoms with Crippen molar-refractivity contribution in [3.8, 4) is 0 Å². The first kappa shape index (κ1) is 20.3. The Hall–Kier alpha value is -2.04. The topological polar surface area (TPSA) is 130 Å². The Balaban J connectivity index is 1.79. The summed E-state index contributed by atoms with van der Waals surface area (Å²) in [4.78, 5) is 22.7. The van der Waals surface area contributed by atoms with Gasteiger partial charge in [-0.05, 0) is 31.4 Å². The average Bonchev–Trinajstić information content (AvgIpc) is 2.54. The van der Waals surface area contributed by atoms with Crippen molar-refractivity contribution in [3.63, 3.8) is 0 Å². The molecule has 26 heavy (non-hydrogen) atoms. The summed E-state index contributed by atoms with van der Waals surface area (Å²) in [7, 11) is -3.46. The first-order valence-corrected chi connectivity index (χ1v) is 10.0. The van der Waals surface area contributed by atoms with Gasteiger partial charge in [-0.2, -0.15) is 0 Å². The fourth-order valence-electron chi connectivity index (χ4n) is 3.00. The van der Waals surface area contributed by atoms with Gasteiger partial charge in [-0.1, -0.05) is 19.1 Å². The minimum Gasteiger partial charge on any atom is -0.480 e. The van der Waals surface area contributed by atoms with E-state index in [1.807, 2.05) is 11.8 Å². The number of aliphatic carboxylic acids is 1. The van der Waals surface area contributed by atoms with E-state index in [2.05, 4.69) is 4.72 Å². The standard InChI is InChI=1S/C16H23N3O6S/c1-2-18(11-16(20)21)15-9-13(10-15)17-26(24,25)8-7-12-3-5-14(6-4-12)19(22)23/h3-6,13,15,17H,2,7-11H2,1H3,(H,20,21).